The maximum Gasteiger partial charge on any atom is 0.0645 e. The fourth-order valence-corrected chi connectivity index (χ4v) is 9.99. The number of para-hydroxylation sites is 1. The van der Waals surface area contributed by atoms with Gasteiger partial charge in [0.05, 0.1) is 22.2 Å². The molecule has 2 nitrogen and oxygen atoms in total. The van der Waals surface area contributed by atoms with Crippen molar-refractivity contribution < 1.29 is 5.48 Å². The maximum atomic E-state index is 9.84. The van der Waals surface area contributed by atoms with E-state index in [0.29, 0.717) is 5.56 Å². The van der Waals surface area contributed by atoms with Crippen LogP contribution in [0, 0.1) is 0 Å². The third-order valence-electron chi connectivity index (χ3n) is 13.1. The van der Waals surface area contributed by atoms with Crippen molar-refractivity contribution in [2.75, 3.05) is 4.90 Å². The van der Waals surface area contributed by atoms with E-state index in [0.717, 1.165) is 83.0 Å². The summed E-state index contributed by atoms with van der Waals surface area (Å²) < 4.78 is 41.4. The molecule has 0 saturated heterocycles. The Kier molecular flexibility index (Phi) is 7.60. The van der Waals surface area contributed by atoms with Gasteiger partial charge in [0.2, 0.25) is 0 Å². The molecule has 0 spiro atoms. The quantitative estimate of drug-likeness (QED) is 0.156. The van der Waals surface area contributed by atoms with E-state index >= 15 is 0 Å². The lowest BCUT2D eigenvalue weighted by Gasteiger charge is -2.28. The Balaban J connectivity index is 1.03. The number of nitrogens with zero attached hydrogens (tertiary/aromatic N) is 2. The van der Waals surface area contributed by atoms with Crippen LogP contribution in [0.3, 0.4) is 0 Å². The molecule has 11 aromatic rings. The fourth-order valence-electron chi connectivity index (χ4n) is 9.99. The molecule has 0 N–H and O–H groups in total. The summed E-state index contributed by atoms with van der Waals surface area (Å²) in [6, 6.07) is 70.6. The summed E-state index contributed by atoms with van der Waals surface area (Å²) in [5.74, 6) is 0. The summed E-state index contributed by atoms with van der Waals surface area (Å²) in [5, 5.41) is 4.30. The lowest BCUT2D eigenvalue weighted by molar-refractivity contribution is 0.660. The Morgan fingerprint density at radius 2 is 0.968 bits per heavy atom. The van der Waals surface area contributed by atoms with Crippen LogP contribution < -0.4 is 4.90 Å². The van der Waals surface area contributed by atoms with Crippen LogP contribution in [-0.2, 0) is 5.41 Å². The third-order valence-corrected chi connectivity index (χ3v) is 13.1. The minimum Gasteiger partial charge on any atom is -0.310 e. The van der Waals surface area contributed by atoms with Gasteiger partial charge in [0.25, 0.3) is 0 Å². The molecule has 0 radical (unpaired) electrons. The summed E-state index contributed by atoms with van der Waals surface area (Å²) >= 11 is 0. The van der Waals surface area contributed by atoms with Crippen molar-refractivity contribution in [3.63, 3.8) is 0 Å². The highest BCUT2D eigenvalue weighted by Crippen LogP contribution is 2.51. The van der Waals surface area contributed by atoms with E-state index in [1.54, 1.807) is 0 Å². The van der Waals surface area contributed by atoms with Gasteiger partial charge >= 0.3 is 0 Å². The van der Waals surface area contributed by atoms with Gasteiger partial charge in [-0.05, 0) is 122 Å². The van der Waals surface area contributed by atoms with Crippen LogP contribution in [0.1, 0.15) is 30.5 Å². The topological polar surface area (TPSA) is 8.17 Å². The molecule has 0 aliphatic heterocycles. The predicted molar refractivity (Wildman–Crippen MR) is 267 cm³/mol. The van der Waals surface area contributed by atoms with Crippen molar-refractivity contribution in [3.8, 4) is 50.2 Å². The molecule has 298 valence electrons. The molecular weight excluding hydrogens is 761 g/mol. The van der Waals surface area contributed by atoms with Crippen molar-refractivity contribution in [2.45, 2.75) is 19.3 Å². The van der Waals surface area contributed by atoms with Crippen LogP contribution in [0.2, 0.25) is 0 Å². The van der Waals surface area contributed by atoms with Crippen molar-refractivity contribution in [1.82, 2.24) is 4.57 Å². The highest BCUT2D eigenvalue weighted by molar-refractivity contribution is 6.11. The summed E-state index contributed by atoms with van der Waals surface area (Å²) in [6.07, 6.45) is 0. The number of anilines is 3. The SMILES string of the molecule is [2H]c1c([2H])c(N(c2ccc(-c3ccccc3-c3ccccc3)cc2)c2ccc3c(c2)C(C)(C)c2ccccc2-3)c([2H])c([2H])c1-c1ccc2c(c1)c1ccccc1n2-c1cccc2ccccc12. The normalized spacial score (nSPS) is 13.6. The van der Waals surface area contributed by atoms with Crippen molar-refractivity contribution in [2.24, 2.45) is 0 Å². The molecule has 1 aliphatic carbocycles. The second-order valence-corrected chi connectivity index (χ2v) is 17.0. The second kappa shape index (κ2) is 14.6. The van der Waals surface area contributed by atoms with Gasteiger partial charge in [-0.1, -0.05) is 184 Å². The third kappa shape index (κ3) is 6.02. The van der Waals surface area contributed by atoms with Crippen LogP contribution >= 0.6 is 0 Å². The van der Waals surface area contributed by atoms with Crippen molar-refractivity contribution in [3.05, 3.63) is 242 Å². The first-order chi connectivity index (χ1) is 32.7. The highest BCUT2D eigenvalue weighted by atomic mass is 15.1. The minimum absolute atomic E-state index is 0.0968. The van der Waals surface area contributed by atoms with Gasteiger partial charge in [-0.2, -0.15) is 0 Å². The largest absolute Gasteiger partial charge is 0.310 e. The highest BCUT2D eigenvalue weighted by Gasteiger charge is 2.35. The second-order valence-electron chi connectivity index (χ2n) is 17.0. The summed E-state index contributed by atoms with van der Waals surface area (Å²) in [4.78, 5) is 1.91. The fraction of sp³-hybridized carbons (Fsp3) is 0.0492. The molecule has 1 heterocycles. The molecule has 0 atom stereocenters. The zero-order valence-corrected chi connectivity index (χ0v) is 35.0. The van der Waals surface area contributed by atoms with E-state index < -0.39 is 0 Å². The molecule has 12 rings (SSSR count). The Morgan fingerprint density at radius 3 is 1.76 bits per heavy atom. The van der Waals surface area contributed by atoms with Crippen LogP contribution in [0.15, 0.2) is 230 Å². The first-order valence-corrected chi connectivity index (χ1v) is 21.6. The molecule has 1 aliphatic rings. The Bertz CT molecular complexity index is 3740. The Labute approximate surface area is 374 Å². The van der Waals surface area contributed by atoms with Crippen LogP contribution in [0.5, 0.6) is 0 Å². The van der Waals surface area contributed by atoms with Gasteiger partial charge in [0.15, 0.2) is 0 Å². The Morgan fingerprint density at radius 1 is 0.381 bits per heavy atom. The van der Waals surface area contributed by atoms with Gasteiger partial charge in [-0.3, -0.25) is 0 Å². The lowest BCUT2D eigenvalue weighted by atomic mass is 9.82. The van der Waals surface area contributed by atoms with E-state index in [1.165, 1.54) is 11.1 Å². The summed E-state index contributed by atoms with van der Waals surface area (Å²) in [5.41, 5.74) is 14.5. The molecular formula is C61H44N2. The number of fused-ring (bicyclic) bond motifs is 7. The number of benzene rings is 10. The van der Waals surface area contributed by atoms with E-state index in [-0.39, 0.29) is 40.8 Å². The number of aromatic nitrogens is 1. The Hall–Kier alpha value is -7.94. The molecule has 2 heteroatoms. The summed E-state index contributed by atoms with van der Waals surface area (Å²) in [6.45, 7) is 4.48. The first kappa shape index (κ1) is 32.8. The number of hydrogen-bond donors (Lipinski definition) is 0. The zero-order valence-electron chi connectivity index (χ0n) is 39.0. The van der Waals surface area contributed by atoms with Crippen molar-refractivity contribution >= 4 is 49.6 Å². The van der Waals surface area contributed by atoms with Crippen LogP contribution in [0.4, 0.5) is 17.1 Å². The predicted octanol–water partition coefficient (Wildman–Crippen LogP) is 16.7. The van der Waals surface area contributed by atoms with Gasteiger partial charge in [0.1, 0.15) is 0 Å². The average Bonchev–Trinajstić information content (AvgIpc) is 3.82. The first-order valence-electron chi connectivity index (χ1n) is 23.6. The van der Waals surface area contributed by atoms with Gasteiger partial charge in [0, 0.05) is 38.6 Å². The van der Waals surface area contributed by atoms with E-state index in [2.05, 4.69) is 188 Å². The van der Waals surface area contributed by atoms with Gasteiger partial charge in [-0.25, -0.2) is 0 Å². The molecule has 63 heavy (non-hydrogen) atoms. The monoisotopic (exact) mass is 808 g/mol. The van der Waals surface area contributed by atoms with E-state index in [9.17, 15) is 5.48 Å². The standard InChI is InChI=1S/C61H44N2/c1-61(2)56-24-12-10-22-52(56)53-37-36-48(40-57(53)61)62(47-34-29-44(30-35-47)50-20-9-8-19-49(50)42-15-4-3-5-16-42)46-32-27-41(28-33-46)45-31-38-60-55(39-45)54-23-11-13-25-59(54)63(60)58-26-14-18-43-17-6-7-21-51(43)58/h3-40H,1-2H3/i27D,28D,32D,33D. The smallest absolute Gasteiger partial charge is 0.0645 e. The lowest BCUT2D eigenvalue weighted by Crippen LogP contribution is -2.16. The van der Waals surface area contributed by atoms with Crippen LogP contribution in [0.25, 0.3) is 82.8 Å². The molecule has 0 fully saturated rings. The minimum atomic E-state index is -0.299. The zero-order chi connectivity index (χ0) is 45.6. The molecule has 0 bridgehead atoms. The van der Waals surface area contributed by atoms with E-state index in [1.807, 2.05) is 41.3 Å². The van der Waals surface area contributed by atoms with Gasteiger partial charge < -0.3 is 9.47 Å². The number of rotatable bonds is 7. The maximum absolute atomic E-state index is 9.84. The van der Waals surface area contributed by atoms with Crippen molar-refractivity contribution in [1.29, 1.82) is 0 Å². The molecule has 1 aromatic heterocycles. The number of hydrogen-bond acceptors (Lipinski definition) is 1. The van der Waals surface area contributed by atoms with Crippen LogP contribution in [-0.4, -0.2) is 4.57 Å². The van der Waals surface area contributed by atoms with E-state index in [4.69, 9.17) is 0 Å². The average molecular weight is 809 g/mol. The molecule has 10 aromatic carbocycles. The molecule has 0 unspecified atom stereocenters. The molecule has 0 saturated carbocycles. The van der Waals surface area contributed by atoms with Gasteiger partial charge in [-0.15, -0.1) is 0 Å². The summed E-state index contributed by atoms with van der Waals surface area (Å²) in [7, 11) is 0. The molecule has 0 amide bonds.